The Morgan fingerprint density at radius 2 is 1.94 bits per heavy atom. The first-order valence-electron chi connectivity index (χ1n) is 9.25. The van der Waals surface area contributed by atoms with Crippen LogP contribution in [0.1, 0.15) is 12.6 Å². The Balaban J connectivity index is 1.61. The van der Waals surface area contributed by atoms with Crippen molar-refractivity contribution in [2.75, 3.05) is 13.2 Å². The quantitative estimate of drug-likeness (QED) is 0.407. The molecule has 0 aliphatic rings. The van der Waals surface area contributed by atoms with Crippen molar-refractivity contribution < 1.29 is 27.5 Å². The van der Waals surface area contributed by atoms with Gasteiger partial charge in [-0.2, -0.15) is 18.2 Å². The summed E-state index contributed by atoms with van der Waals surface area (Å²) in [6.07, 6.45) is -1.49. The van der Waals surface area contributed by atoms with Crippen LogP contribution in [0.3, 0.4) is 0 Å². The molecule has 33 heavy (non-hydrogen) atoms. The average Bonchev–Trinajstić information content (AvgIpc) is 3.39. The van der Waals surface area contributed by atoms with Gasteiger partial charge in [-0.15, -0.1) is 0 Å². The maximum atomic E-state index is 12.9. The standard InChI is InChI=1S/C19H15Cl2F3N6O3/c1-18(25,7-31)8-32-13-3-10(20)9(2-11(13)21)16-28-17(33-29-16)12-5-30-6-14(19(22,23)24)26-4-15(30)27-12/h2-6,31H,7-8,25H2,1H3. The first-order valence-corrected chi connectivity index (χ1v) is 10.0. The molecular formula is C19H15Cl2F3N6O3. The lowest BCUT2D eigenvalue weighted by molar-refractivity contribution is -0.141. The predicted molar refractivity (Wildman–Crippen MR) is 112 cm³/mol. The molecule has 1 aromatic carbocycles. The maximum absolute atomic E-state index is 12.9. The number of hydrogen-bond acceptors (Lipinski definition) is 8. The number of aliphatic hydroxyl groups excluding tert-OH is 1. The third-order valence-electron chi connectivity index (χ3n) is 4.46. The zero-order chi connectivity index (χ0) is 24.0. The van der Waals surface area contributed by atoms with Crippen LogP contribution >= 0.6 is 23.2 Å². The Hall–Kier alpha value is -2.93. The molecule has 4 rings (SSSR count). The van der Waals surface area contributed by atoms with Crippen molar-refractivity contribution in [2.24, 2.45) is 5.73 Å². The van der Waals surface area contributed by atoms with Gasteiger partial charge in [-0.3, -0.25) is 0 Å². The topological polar surface area (TPSA) is 125 Å². The molecule has 1 unspecified atom stereocenters. The first kappa shape index (κ1) is 23.2. The Kier molecular flexibility index (Phi) is 5.95. The van der Waals surface area contributed by atoms with Gasteiger partial charge in [-0.25, -0.2) is 9.97 Å². The van der Waals surface area contributed by atoms with Crippen molar-refractivity contribution in [2.45, 2.75) is 18.6 Å². The molecule has 0 bridgehead atoms. The summed E-state index contributed by atoms with van der Waals surface area (Å²) in [7, 11) is 0. The zero-order valence-electron chi connectivity index (χ0n) is 16.8. The first-order chi connectivity index (χ1) is 15.5. The molecule has 0 aliphatic carbocycles. The van der Waals surface area contributed by atoms with Crippen LogP contribution in [-0.4, -0.2) is 48.4 Å². The minimum atomic E-state index is -4.59. The molecule has 9 nitrogen and oxygen atoms in total. The second kappa shape index (κ2) is 8.45. The van der Waals surface area contributed by atoms with Crippen LogP contribution in [0.5, 0.6) is 5.75 Å². The number of nitrogens with two attached hydrogens (primary N) is 1. The van der Waals surface area contributed by atoms with Crippen molar-refractivity contribution in [3.8, 4) is 28.7 Å². The molecule has 0 fully saturated rings. The monoisotopic (exact) mass is 502 g/mol. The predicted octanol–water partition coefficient (Wildman–Crippen LogP) is 3.86. The molecule has 0 saturated carbocycles. The number of fused-ring (bicyclic) bond motifs is 1. The number of halogens is 5. The largest absolute Gasteiger partial charge is 0.490 e. The highest BCUT2D eigenvalue weighted by atomic mass is 35.5. The number of imidazole rings is 1. The Bertz CT molecular complexity index is 1320. The van der Waals surface area contributed by atoms with Crippen molar-refractivity contribution in [3.05, 3.63) is 46.5 Å². The second-order valence-electron chi connectivity index (χ2n) is 7.45. The highest BCUT2D eigenvalue weighted by Crippen LogP contribution is 2.36. The van der Waals surface area contributed by atoms with Gasteiger partial charge < -0.3 is 24.5 Å². The molecule has 0 radical (unpaired) electrons. The van der Waals surface area contributed by atoms with Crippen LogP contribution in [0.2, 0.25) is 10.0 Å². The van der Waals surface area contributed by atoms with Crippen molar-refractivity contribution in [3.63, 3.8) is 0 Å². The minimum Gasteiger partial charge on any atom is -0.490 e. The Morgan fingerprint density at radius 3 is 2.64 bits per heavy atom. The molecular weight excluding hydrogens is 488 g/mol. The molecule has 0 aliphatic heterocycles. The maximum Gasteiger partial charge on any atom is 0.434 e. The average molecular weight is 503 g/mol. The highest BCUT2D eigenvalue weighted by Gasteiger charge is 2.33. The van der Waals surface area contributed by atoms with Gasteiger partial charge in [0.05, 0.1) is 28.4 Å². The number of rotatable bonds is 6. The third kappa shape index (κ3) is 4.88. The number of nitrogens with zero attached hydrogens (tertiary/aromatic N) is 5. The van der Waals surface area contributed by atoms with E-state index in [1.807, 2.05) is 0 Å². The summed E-state index contributed by atoms with van der Waals surface area (Å²) >= 11 is 12.6. The van der Waals surface area contributed by atoms with Gasteiger partial charge in [0.1, 0.15) is 18.1 Å². The fourth-order valence-corrected chi connectivity index (χ4v) is 3.14. The van der Waals surface area contributed by atoms with E-state index in [4.69, 9.17) is 38.2 Å². The molecule has 3 aromatic heterocycles. The molecule has 4 aromatic rings. The van der Waals surface area contributed by atoms with E-state index in [0.29, 0.717) is 5.56 Å². The van der Waals surface area contributed by atoms with Gasteiger partial charge in [-0.1, -0.05) is 28.4 Å². The van der Waals surface area contributed by atoms with Crippen LogP contribution < -0.4 is 10.5 Å². The van der Waals surface area contributed by atoms with Crippen molar-refractivity contribution in [1.29, 1.82) is 0 Å². The van der Waals surface area contributed by atoms with E-state index in [2.05, 4.69) is 20.1 Å². The van der Waals surface area contributed by atoms with Gasteiger partial charge in [-0.05, 0) is 13.0 Å². The lowest BCUT2D eigenvalue weighted by Crippen LogP contribution is -2.45. The van der Waals surface area contributed by atoms with Gasteiger partial charge in [0.25, 0.3) is 5.89 Å². The van der Waals surface area contributed by atoms with Gasteiger partial charge in [0, 0.05) is 24.0 Å². The number of alkyl halides is 3. The number of benzene rings is 1. The van der Waals surface area contributed by atoms with Crippen molar-refractivity contribution >= 4 is 28.8 Å². The van der Waals surface area contributed by atoms with Crippen molar-refractivity contribution in [1.82, 2.24) is 24.5 Å². The fourth-order valence-electron chi connectivity index (χ4n) is 2.68. The number of hydrogen-bond donors (Lipinski definition) is 2. The summed E-state index contributed by atoms with van der Waals surface area (Å²) in [4.78, 5) is 11.7. The van der Waals surface area contributed by atoms with E-state index >= 15 is 0 Å². The molecule has 174 valence electrons. The molecule has 3 N–H and O–H groups in total. The zero-order valence-corrected chi connectivity index (χ0v) is 18.3. The SMILES string of the molecule is CC(N)(CO)COc1cc(Cl)c(-c2noc(-c3cn4cc(C(F)(F)F)ncc4n3)n2)cc1Cl. The van der Waals surface area contributed by atoms with E-state index < -0.39 is 17.4 Å². The van der Waals surface area contributed by atoms with Crippen LogP contribution in [-0.2, 0) is 6.18 Å². The highest BCUT2D eigenvalue weighted by molar-refractivity contribution is 6.36. The summed E-state index contributed by atoms with van der Waals surface area (Å²) in [5.74, 6) is 0.276. The lowest BCUT2D eigenvalue weighted by atomic mass is 10.1. The summed E-state index contributed by atoms with van der Waals surface area (Å²) < 4.78 is 50.5. The van der Waals surface area contributed by atoms with Crippen LogP contribution in [0.25, 0.3) is 28.6 Å². The molecule has 0 amide bonds. The van der Waals surface area contributed by atoms with Crippen LogP contribution in [0, 0.1) is 0 Å². The van der Waals surface area contributed by atoms with Gasteiger partial charge >= 0.3 is 6.18 Å². The normalized spacial score (nSPS) is 13.9. The van der Waals surface area contributed by atoms with E-state index in [9.17, 15) is 18.3 Å². The smallest absolute Gasteiger partial charge is 0.434 e. The van der Waals surface area contributed by atoms with Gasteiger partial charge in [0.15, 0.2) is 11.3 Å². The number of aliphatic hydroxyl groups is 1. The van der Waals surface area contributed by atoms with E-state index in [1.165, 1.54) is 18.3 Å². The third-order valence-corrected chi connectivity index (χ3v) is 5.07. The van der Waals surface area contributed by atoms with Crippen LogP contribution in [0.4, 0.5) is 13.2 Å². The van der Waals surface area contributed by atoms with Gasteiger partial charge in [0.2, 0.25) is 5.82 Å². The lowest BCUT2D eigenvalue weighted by Gasteiger charge is -2.22. The fraction of sp³-hybridized carbons (Fsp3) is 0.263. The molecule has 0 spiro atoms. The summed E-state index contributed by atoms with van der Waals surface area (Å²) in [6.45, 7) is 1.31. The summed E-state index contributed by atoms with van der Waals surface area (Å²) in [5.41, 5.74) is 4.43. The molecule has 0 saturated heterocycles. The summed E-state index contributed by atoms with van der Waals surface area (Å²) in [5, 5.41) is 13.5. The van der Waals surface area contributed by atoms with Crippen LogP contribution in [0.15, 0.2) is 35.2 Å². The summed E-state index contributed by atoms with van der Waals surface area (Å²) in [6, 6.07) is 2.90. The minimum absolute atomic E-state index is 0.00987. The van der Waals surface area contributed by atoms with E-state index in [0.717, 1.165) is 16.8 Å². The number of aromatic nitrogens is 5. The molecule has 3 heterocycles. The Labute approximate surface area is 193 Å². The van der Waals surface area contributed by atoms with E-state index in [-0.39, 0.29) is 52.1 Å². The second-order valence-corrected chi connectivity index (χ2v) is 8.26. The Morgan fingerprint density at radius 1 is 1.18 bits per heavy atom. The molecule has 14 heteroatoms. The number of ether oxygens (including phenoxy) is 1. The van der Waals surface area contributed by atoms with E-state index in [1.54, 1.807) is 6.92 Å². The molecule has 1 atom stereocenters.